The van der Waals surface area contributed by atoms with Gasteiger partial charge in [0.25, 0.3) is 0 Å². The number of nitrogens with zero attached hydrogens (tertiary/aromatic N) is 1. The van der Waals surface area contributed by atoms with Crippen LogP contribution in [0.5, 0.6) is 0 Å². The maximum atomic E-state index is 5.82. The average Bonchev–Trinajstić information content (AvgIpc) is 2.07. The van der Waals surface area contributed by atoms with Crippen molar-refractivity contribution >= 4 is 11.6 Å². The van der Waals surface area contributed by atoms with Crippen molar-refractivity contribution in [3.8, 4) is 0 Å². The summed E-state index contributed by atoms with van der Waals surface area (Å²) < 4.78 is 0. The smallest absolute Gasteiger partial charge is 0.0406 e. The van der Waals surface area contributed by atoms with Crippen LogP contribution in [0.1, 0.15) is 26.3 Å². The van der Waals surface area contributed by atoms with Gasteiger partial charge in [-0.05, 0) is 45.5 Å². The normalized spacial score (nSPS) is 12.1. The van der Waals surface area contributed by atoms with E-state index in [1.165, 1.54) is 5.56 Å². The number of benzene rings is 1. The lowest BCUT2D eigenvalue weighted by atomic mass is 10.1. The Morgan fingerprint density at radius 3 is 2.07 bits per heavy atom. The molecular formula is C12H18ClN. The highest BCUT2D eigenvalue weighted by Crippen LogP contribution is 2.16. The third kappa shape index (κ3) is 3.32. The molecule has 0 heterocycles. The van der Waals surface area contributed by atoms with Gasteiger partial charge in [-0.15, -0.1) is 0 Å². The Kier molecular flexibility index (Phi) is 3.57. The molecule has 0 aliphatic heterocycles. The van der Waals surface area contributed by atoms with Gasteiger partial charge in [0.1, 0.15) is 0 Å². The van der Waals surface area contributed by atoms with Crippen molar-refractivity contribution in [1.29, 1.82) is 0 Å². The van der Waals surface area contributed by atoms with Crippen molar-refractivity contribution < 1.29 is 0 Å². The SMILES string of the molecule is CN(Cc1ccc(Cl)cc1)C(C)(C)C. The molecule has 0 saturated heterocycles. The van der Waals surface area contributed by atoms with E-state index in [9.17, 15) is 0 Å². The molecule has 0 atom stereocenters. The topological polar surface area (TPSA) is 3.24 Å². The molecule has 1 rings (SSSR count). The van der Waals surface area contributed by atoms with E-state index in [1.807, 2.05) is 12.1 Å². The molecule has 14 heavy (non-hydrogen) atoms. The fourth-order valence-electron chi connectivity index (χ4n) is 1.10. The molecule has 1 aromatic rings. The molecule has 0 N–H and O–H groups in total. The van der Waals surface area contributed by atoms with Crippen LogP contribution >= 0.6 is 11.6 Å². The van der Waals surface area contributed by atoms with Crippen molar-refractivity contribution in [1.82, 2.24) is 4.90 Å². The number of rotatable bonds is 2. The maximum absolute atomic E-state index is 5.82. The fourth-order valence-corrected chi connectivity index (χ4v) is 1.23. The summed E-state index contributed by atoms with van der Waals surface area (Å²) in [4.78, 5) is 2.32. The first kappa shape index (κ1) is 11.5. The second kappa shape index (κ2) is 4.33. The molecule has 0 saturated carbocycles. The Balaban J connectivity index is 2.65. The highest BCUT2D eigenvalue weighted by atomic mass is 35.5. The molecule has 0 aromatic heterocycles. The molecule has 78 valence electrons. The largest absolute Gasteiger partial charge is 0.297 e. The summed E-state index contributed by atoms with van der Waals surface area (Å²) >= 11 is 5.82. The quantitative estimate of drug-likeness (QED) is 0.723. The first-order valence-electron chi connectivity index (χ1n) is 4.85. The van der Waals surface area contributed by atoms with E-state index in [0.29, 0.717) is 0 Å². The van der Waals surface area contributed by atoms with Crippen LogP contribution in [-0.2, 0) is 6.54 Å². The highest BCUT2D eigenvalue weighted by molar-refractivity contribution is 6.30. The van der Waals surface area contributed by atoms with Crippen molar-refractivity contribution in [2.75, 3.05) is 7.05 Å². The summed E-state index contributed by atoms with van der Waals surface area (Å²) in [5.41, 5.74) is 1.51. The maximum Gasteiger partial charge on any atom is 0.0406 e. The number of hydrogen-bond donors (Lipinski definition) is 0. The zero-order chi connectivity index (χ0) is 10.8. The van der Waals surface area contributed by atoms with Gasteiger partial charge in [0.15, 0.2) is 0 Å². The summed E-state index contributed by atoms with van der Waals surface area (Å²) in [6.07, 6.45) is 0. The molecule has 1 nitrogen and oxygen atoms in total. The zero-order valence-corrected chi connectivity index (χ0v) is 10.1. The van der Waals surface area contributed by atoms with Gasteiger partial charge < -0.3 is 0 Å². The molecule has 1 aromatic carbocycles. The van der Waals surface area contributed by atoms with Crippen LogP contribution in [0.3, 0.4) is 0 Å². The second-order valence-corrected chi connectivity index (χ2v) is 5.09. The fraction of sp³-hybridized carbons (Fsp3) is 0.500. The Morgan fingerprint density at radius 2 is 1.64 bits per heavy atom. The van der Waals surface area contributed by atoms with Crippen LogP contribution in [-0.4, -0.2) is 17.5 Å². The molecule has 0 aliphatic carbocycles. The molecule has 0 amide bonds. The van der Waals surface area contributed by atoms with E-state index < -0.39 is 0 Å². The van der Waals surface area contributed by atoms with Gasteiger partial charge in [-0.2, -0.15) is 0 Å². The van der Waals surface area contributed by atoms with Gasteiger partial charge in [-0.25, -0.2) is 0 Å². The van der Waals surface area contributed by atoms with Crippen molar-refractivity contribution in [2.45, 2.75) is 32.9 Å². The monoisotopic (exact) mass is 211 g/mol. The number of hydrogen-bond acceptors (Lipinski definition) is 1. The lowest BCUT2D eigenvalue weighted by Crippen LogP contribution is -2.37. The van der Waals surface area contributed by atoms with Gasteiger partial charge in [-0.3, -0.25) is 4.90 Å². The molecular weight excluding hydrogens is 194 g/mol. The third-order valence-corrected chi connectivity index (χ3v) is 2.73. The van der Waals surface area contributed by atoms with E-state index in [4.69, 9.17) is 11.6 Å². The van der Waals surface area contributed by atoms with Crippen LogP contribution < -0.4 is 0 Å². The predicted octanol–water partition coefficient (Wildman–Crippen LogP) is 3.57. The lowest BCUT2D eigenvalue weighted by Gasteiger charge is -2.31. The molecule has 0 spiro atoms. The lowest BCUT2D eigenvalue weighted by molar-refractivity contribution is 0.167. The van der Waals surface area contributed by atoms with E-state index >= 15 is 0 Å². The molecule has 0 unspecified atom stereocenters. The first-order chi connectivity index (χ1) is 6.39. The van der Waals surface area contributed by atoms with Crippen LogP contribution in [0.25, 0.3) is 0 Å². The Morgan fingerprint density at radius 1 is 1.14 bits per heavy atom. The highest BCUT2D eigenvalue weighted by Gasteiger charge is 2.16. The van der Waals surface area contributed by atoms with Gasteiger partial charge in [-0.1, -0.05) is 23.7 Å². The minimum Gasteiger partial charge on any atom is -0.297 e. The van der Waals surface area contributed by atoms with Crippen molar-refractivity contribution in [3.05, 3.63) is 34.9 Å². The van der Waals surface area contributed by atoms with Crippen molar-refractivity contribution in [2.24, 2.45) is 0 Å². The third-order valence-electron chi connectivity index (χ3n) is 2.48. The van der Waals surface area contributed by atoms with Crippen molar-refractivity contribution in [3.63, 3.8) is 0 Å². The predicted molar refractivity (Wildman–Crippen MR) is 62.7 cm³/mol. The average molecular weight is 212 g/mol. The molecule has 0 aliphatic rings. The summed E-state index contributed by atoms with van der Waals surface area (Å²) in [5, 5.41) is 0.798. The van der Waals surface area contributed by atoms with Gasteiger partial charge in [0.2, 0.25) is 0 Å². The Labute approximate surface area is 91.7 Å². The van der Waals surface area contributed by atoms with E-state index in [1.54, 1.807) is 0 Å². The van der Waals surface area contributed by atoms with Gasteiger partial charge in [0, 0.05) is 17.1 Å². The molecule has 0 fully saturated rings. The van der Waals surface area contributed by atoms with E-state index in [-0.39, 0.29) is 5.54 Å². The van der Waals surface area contributed by atoms with Crippen LogP contribution in [0.2, 0.25) is 5.02 Å². The molecule has 2 heteroatoms. The Hall–Kier alpha value is -0.530. The Bertz CT molecular complexity index is 284. The van der Waals surface area contributed by atoms with E-state index in [2.05, 4.69) is 44.9 Å². The van der Waals surface area contributed by atoms with Gasteiger partial charge >= 0.3 is 0 Å². The second-order valence-electron chi connectivity index (χ2n) is 4.65. The first-order valence-corrected chi connectivity index (χ1v) is 5.23. The van der Waals surface area contributed by atoms with Crippen LogP contribution in [0.15, 0.2) is 24.3 Å². The zero-order valence-electron chi connectivity index (χ0n) is 9.34. The summed E-state index contributed by atoms with van der Waals surface area (Å²) in [6, 6.07) is 8.02. The molecule has 0 bridgehead atoms. The standard InChI is InChI=1S/C12H18ClN/c1-12(2,3)14(4)9-10-5-7-11(13)8-6-10/h5-8H,9H2,1-4H3. The minimum atomic E-state index is 0.208. The van der Waals surface area contributed by atoms with Crippen LogP contribution in [0, 0.1) is 0 Å². The van der Waals surface area contributed by atoms with Gasteiger partial charge in [0.05, 0.1) is 0 Å². The van der Waals surface area contributed by atoms with Crippen LogP contribution in [0.4, 0.5) is 0 Å². The summed E-state index contributed by atoms with van der Waals surface area (Å²) in [6.45, 7) is 7.59. The number of halogens is 1. The van der Waals surface area contributed by atoms with E-state index in [0.717, 1.165) is 11.6 Å². The molecule has 0 radical (unpaired) electrons. The minimum absolute atomic E-state index is 0.208. The summed E-state index contributed by atoms with van der Waals surface area (Å²) in [5.74, 6) is 0. The summed E-state index contributed by atoms with van der Waals surface area (Å²) in [7, 11) is 2.13.